The molecule has 1 saturated heterocycles. The van der Waals surface area contributed by atoms with Gasteiger partial charge in [-0.25, -0.2) is 4.79 Å². The van der Waals surface area contributed by atoms with Crippen molar-refractivity contribution in [1.29, 1.82) is 0 Å². The summed E-state index contributed by atoms with van der Waals surface area (Å²) < 4.78 is 11.6. The maximum atomic E-state index is 12.7. The molecule has 1 aliphatic carbocycles. The summed E-state index contributed by atoms with van der Waals surface area (Å²) in [7, 11) is 0. The van der Waals surface area contributed by atoms with Crippen LogP contribution in [0.1, 0.15) is 56.6 Å². The summed E-state index contributed by atoms with van der Waals surface area (Å²) in [6.45, 7) is 4.53. The summed E-state index contributed by atoms with van der Waals surface area (Å²) in [4.78, 5) is 12.7. The third-order valence-electron chi connectivity index (χ3n) is 4.79. The summed E-state index contributed by atoms with van der Waals surface area (Å²) in [6, 6.07) is 8.13. The normalized spacial score (nSPS) is 26.6. The zero-order valence-corrected chi connectivity index (χ0v) is 13.0. The van der Waals surface area contributed by atoms with Crippen LogP contribution in [-0.2, 0) is 19.9 Å². The monoisotopic (exact) mass is 288 g/mol. The largest absolute Gasteiger partial charge is 0.463 e. The van der Waals surface area contributed by atoms with E-state index >= 15 is 0 Å². The molecule has 2 aliphatic rings. The minimum absolute atomic E-state index is 0.199. The minimum atomic E-state index is -0.851. The van der Waals surface area contributed by atoms with E-state index in [4.69, 9.17) is 9.47 Å². The molecule has 3 rings (SSSR count). The molecule has 0 aromatic heterocycles. The van der Waals surface area contributed by atoms with Gasteiger partial charge in [-0.1, -0.05) is 56.0 Å². The van der Waals surface area contributed by atoms with Crippen molar-refractivity contribution < 1.29 is 14.3 Å². The molecule has 1 heterocycles. The van der Waals surface area contributed by atoms with Gasteiger partial charge in [0, 0.05) is 0 Å². The van der Waals surface area contributed by atoms with E-state index in [0.29, 0.717) is 6.61 Å². The minimum Gasteiger partial charge on any atom is -0.463 e. The summed E-state index contributed by atoms with van der Waals surface area (Å²) in [5.41, 5.74) is 0.979. The second kappa shape index (κ2) is 5.45. The van der Waals surface area contributed by atoms with Crippen LogP contribution in [0.5, 0.6) is 0 Å². The van der Waals surface area contributed by atoms with Crippen LogP contribution in [0.3, 0.4) is 0 Å². The van der Waals surface area contributed by atoms with Crippen LogP contribution in [0.15, 0.2) is 24.3 Å². The number of hydrogen-bond donors (Lipinski definition) is 0. The van der Waals surface area contributed by atoms with Crippen molar-refractivity contribution in [3.63, 3.8) is 0 Å². The van der Waals surface area contributed by atoms with Gasteiger partial charge in [0.15, 0.2) is 0 Å². The first-order valence-corrected chi connectivity index (χ1v) is 8.09. The summed E-state index contributed by atoms with van der Waals surface area (Å²) in [5, 5.41) is 0. The topological polar surface area (TPSA) is 38.8 Å². The van der Waals surface area contributed by atoms with Crippen molar-refractivity contribution in [2.75, 3.05) is 6.61 Å². The molecule has 3 heteroatoms. The Balaban J connectivity index is 1.93. The molecule has 3 nitrogen and oxygen atoms in total. The molecule has 1 spiro atoms. The highest BCUT2D eigenvalue weighted by molar-refractivity contribution is 5.86. The summed E-state index contributed by atoms with van der Waals surface area (Å²) in [6.07, 6.45) is 6.26. The smallest absolute Gasteiger partial charge is 0.346 e. The Kier molecular flexibility index (Phi) is 3.78. The SMILES string of the molecule is CCCOC(=O)C1(c2ccc(C)cc2)OC12CCCCC2. The van der Waals surface area contributed by atoms with Gasteiger partial charge in [-0.2, -0.15) is 0 Å². The summed E-state index contributed by atoms with van der Waals surface area (Å²) in [5.74, 6) is -0.199. The zero-order chi connectivity index (χ0) is 14.9. The third kappa shape index (κ3) is 2.28. The number of carbonyl (C=O) groups is 1. The molecule has 21 heavy (non-hydrogen) atoms. The van der Waals surface area contributed by atoms with Gasteiger partial charge in [0.25, 0.3) is 0 Å². The molecule has 1 unspecified atom stereocenters. The standard InChI is InChI=1S/C18H24O3/c1-3-13-20-16(19)18(15-9-7-14(2)8-10-15)17(21-18)11-5-4-6-12-17/h7-10H,3-6,11-13H2,1-2H3. The van der Waals surface area contributed by atoms with Crippen LogP contribution in [0.25, 0.3) is 0 Å². The third-order valence-corrected chi connectivity index (χ3v) is 4.79. The fourth-order valence-corrected chi connectivity index (χ4v) is 3.60. The van der Waals surface area contributed by atoms with Crippen LogP contribution in [-0.4, -0.2) is 18.2 Å². The van der Waals surface area contributed by atoms with Gasteiger partial charge >= 0.3 is 5.97 Å². The molecule has 2 fully saturated rings. The molecule has 114 valence electrons. The second-order valence-electron chi connectivity index (χ2n) is 6.34. The van der Waals surface area contributed by atoms with Gasteiger partial charge in [0.2, 0.25) is 5.60 Å². The molecule has 1 aromatic rings. The number of esters is 1. The van der Waals surface area contributed by atoms with Crippen LogP contribution in [0.4, 0.5) is 0 Å². The van der Waals surface area contributed by atoms with Gasteiger partial charge in [-0.15, -0.1) is 0 Å². The van der Waals surface area contributed by atoms with E-state index in [1.165, 1.54) is 12.0 Å². The number of ether oxygens (including phenoxy) is 2. The van der Waals surface area contributed by atoms with Gasteiger partial charge in [0.05, 0.1) is 6.61 Å². The van der Waals surface area contributed by atoms with Crippen LogP contribution >= 0.6 is 0 Å². The van der Waals surface area contributed by atoms with E-state index < -0.39 is 5.60 Å². The van der Waals surface area contributed by atoms with Crippen LogP contribution < -0.4 is 0 Å². The van der Waals surface area contributed by atoms with Crippen molar-refractivity contribution in [3.05, 3.63) is 35.4 Å². The molecule has 0 radical (unpaired) electrons. The molecule has 1 saturated carbocycles. The molecule has 0 N–H and O–H groups in total. The number of hydrogen-bond acceptors (Lipinski definition) is 3. The van der Waals surface area contributed by atoms with Crippen LogP contribution in [0, 0.1) is 6.92 Å². The Hall–Kier alpha value is -1.35. The van der Waals surface area contributed by atoms with E-state index in [2.05, 4.69) is 6.92 Å². The lowest BCUT2D eigenvalue weighted by Gasteiger charge is -2.23. The number of benzene rings is 1. The molecular formula is C18H24O3. The maximum absolute atomic E-state index is 12.7. The van der Waals surface area contributed by atoms with Crippen molar-refractivity contribution >= 4 is 5.97 Å². The number of rotatable bonds is 4. The number of carbonyl (C=O) groups excluding carboxylic acids is 1. The van der Waals surface area contributed by atoms with Crippen molar-refractivity contribution in [2.24, 2.45) is 0 Å². The molecular weight excluding hydrogens is 264 g/mol. The first kappa shape index (κ1) is 14.6. The Morgan fingerprint density at radius 3 is 2.48 bits per heavy atom. The highest BCUT2D eigenvalue weighted by Gasteiger charge is 2.75. The van der Waals surface area contributed by atoms with E-state index in [1.807, 2.05) is 31.2 Å². The van der Waals surface area contributed by atoms with Crippen molar-refractivity contribution in [3.8, 4) is 0 Å². The summed E-state index contributed by atoms with van der Waals surface area (Å²) >= 11 is 0. The van der Waals surface area contributed by atoms with E-state index in [-0.39, 0.29) is 11.6 Å². The molecule has 1 aromatic carbocycles. The van der Waals surface area contributed by atoms with E-state index in [9.17, 15) is 4.79 Å². The molecule has 1 aliphatic heterocycles. The lowest BCUT2D eigenvalue weighted by molar-refractivity contribution is -0.150. The lowest BCUT2D eigenvalue weighted by atomic mass is 9.76. The highest BCUT2D eigenvalue weighted by Crippen LogP contribution is 2.63. The van der Waals surface area contributed by atoms with Crippen LogP contribution in [0.2, 0.25) is 0 Å². The van der Waals surface area contributed by atoms with E-state index in [0.717, 1.165) is 37.7 Å². The average molecular weight is 288 g/mol. The predicted octanol–water partition coefficient (Wildman–Crippen LogP) is 3.88. The van der Waals surface area contributed by atoms with Crippen molar-refractivity contribution in [2.45, 2.75) is 63.6 Å². The fourth-order valence-electron chi connectivity index (χ4n) is 3.60. The second-order valence-corrected chi connectivity index (χ2v) is 6.34. The van der Waals surface area contributed by atoms with E-state index in [1.54, 1.807) is 0 Å². The number of aryl methyl sites for hydroxylation is 1. The average Bonchev–Trinajstić information content (AvgIpc) is 3.15. The Morgan fingerprint density at radius 2 is 1.86 bits per heavy atom. The molecule has 0 amide bonds. The first-order chi connectivity index (χ1) is 10.1. The number of epoxide rings is 1. The van der Waals surface area contributed by atoms with Crippen molar-refractivity contribution in [1.82, 2.24) is 0 Å². The highest BCUT2D eigenvalue weighted by atomic mass is 16.7. The Bertz CT molecular complexity index is 514. The lowest BCUT2D eigenvalue weighted by Crippen LogP contribution is -2.35. The van der Waals surface area contributed by atoms with Gasteiger partial charge in [0.1, 0.15) is 5.60 Å². The Labute approximate surface area is 126 Å². The fraction of sp³-hybridized carbons (Fsp3) is 0.611. The predicted molar refractivity (Wildman–Crippen MR) is 81.0 cm³/mol. The van der Waals surface area contributed by atoms with Gasteiger partial charge < -0.3 is 9.47 Å². The van der Waals surface area contributed by atoms with Gasteiger partial charge in [-0.3, -0.25) is 0 Å². The van der Waals surface area contributed by atoms with Gasteiger partial charge in [-0.05, 0) is 31.7 Å². The first-order valence-electron chi connectivity index (χ1n) is 8.09. The molecule has 1 atom stereocenters. The quantitative estimate of drug-likeness (QED) is 0.623. The maximum Gasteiger partial charge on any atom is 0.346 e. The zero-order valence-electron chi connectivity index (χ0n) is 13.0. The Morgan fingerprint density at radius 1 is 1.19 bits per heavy atom. The molecule has 0 bridgehead atoms.